The van der Waals surface area contributed by atoms with E-state index in [1.165, 1.54) is 5.56 Å². The van der Waals surface area contributed by atoms with Gasteiger partial charge in [0, 0.05) is 41.2 Å². The van der Waals surface area contributed by atoms with Crippen molar-refractivity contribution in [3.05, 3.63) is 144 Å². The summed E-state index contributed by atoms with van der Waals surface area (Å²) in [6.07, 6.45) is 2.87. The summed E-state index contributed by atoms with van der Waals surface area (Å²) in [4.78, 5) is 13.7. The minimum absolute atomic E-state index is 0.0820. The molecule has 0 saturated carbocycles. The zero-order valence-corrected chi connectivity index (χ0v) is 19.3. The highest BCUT2D eigenvalue weighted by Crippen LogP contribution is 2.38. The third kappa shape index (κ3) is 4.04. The second-order valence-electron chi connectivity index (χ2n) is 8.86. The number of nitrogens with zero attached hydrogens (tertiary/aromatic N) is 3. The van der Waals surface area contributed by atoms with Crippen molar-refractivity contribution in [2.75, 3.05) is 0 Å². The molecule has 1 aliphatic rings. The van der Waals surface area contributed by atoms with Gasteiger partial charge in [0.15, 0.2) is 0 Å². The lowest BCUT2D eigenvalue weighted by Gasteiger charge is -2.21. The highest BCUT2D eigenvalue weighted by Gasteiger charge is 2.35. The molecule has 0 aliphatic carbocycles. The Bertz CT molecular complexity index is 1500. The lowest BCUT2D eigenvalue weighted by atomic mass is 9.97. The van der Waals surface area contributed by atoms with Gasteiger partial charge in [-0.05, 0) is 29.3 Å². The molecule has 1 aliphatic heterocycles. The van der Waals surface area contributed by atoms with E-state index in [1.54, 1.807) is 5.01 Å². The first-order chi connectivity index (χ1) is 17.3. The average Bonchev–Trinajstić information content (AvgIpc) is 3.52. The van der Waals surface area contributed by atoms with Gasteiger partial charge in [0.1, 0.15) is 0 Å². The quantitative estimate of drug-likeness (QED) is 0.291. The summed E-state index contributed by atoms with van der Waals surface area (Å²) >= 11 is 0. The van der Waals surface area contributed by atoms with Gasteiger partial charge in [-0.3, -0.25) is 4.79 Å². The van der Waals surface area contributed by atoms with Gasteiger partial charge in [-0.15, -0.1) is 0 Å². The molecule has 1 aromatic heterocycles. The van der Waals surface area contributed by atoms with E-state index in [0.717, 1.165) is 34.3 Å². The topological polar surface area (TPSA) is 37.6 Å². The first-order valence-electron chi connectivity index (χ1n) is 11.9. The van der Waals surface area contributed by atoms with E-state index in [9.17, 15) is 4.79 Å². The maximum atomic E-state index is 13.7. The number of aromatic nitrogens is 1. The van der Waals surface area contributed by atoms with Crippen LogP contribution in [-0.4, -0.2) is 21.2 Å². The molecule has 5 aromatic rings. The zero-order chi connectivity index (χ0) is 23.6. The largest absolute Gasteiger partial charge is 0.343 e. The molecule has 4 nitrogen and oxygen atoms in total. The van der Waals surface area contributed by atoms with Crippen LogP contribution in [0.1, 0.15) is 39.5 Å². The third-order valence-electron chi connectivity index (χ3n) is 6.62. The molecule has 4 heteroatoms. The Morgan fingerprint density at radius 1 is 0.771 bits per heavy atom. The summed E-state index contributed by atoms with van der Waals surface area (Å²) in [5.41, 5.74) is 6.14. The van der Waals surface area contributed by atoms with Crippen LogP contribution >= 0.6 is 0 Å². The van der Waals surface area contributed by atoms with Crippen LogP contribution < -0.4 is 0 Å². The molecular formula is C31H25N3O. The van der Waals surface area contributed by atoms with Crippen molar-refractivity contribution in [3.8, 4) is 0 Å². The summed E-state index contributed by atoms with van der Waals surface area (Å²) in [5, 5.41) is 7.73. The van der Waals surface area contributed by atoms with Gasteiger partial charge in [0.05, 0.1) is 11.8 Å². The van der Waals surface area contributed by atoms with Crippen LogP contribution in [-0.2, 0) is 6.54 Å². The molecule has 0 fully saturated rings. The van der Waals surface area contributed by atoms with Crippen LogP contribution in [0.5, 0.6) is 0 Å². The van der Waals surface area contributed by atoms with Crippen LogP contribution in [0.3, 0.4) is 0 Å². The summed E-state index contributed by atoms with van der Waals surface area (Å²) in [7, 11) is 0. The van der Waals surface area contributed by atoms with Crippen molar-refractivity contribution >= 4 is 22.5 Å². The molecule has 0 radical (unpaired) electrons. The molecule has 2 heterocycles. The Morgan fingerprint density at radius 2 is 1.40 bits per heavy atom. The maximum absolute atomic E-state index is 13.7. The molecule has 0 N–H and O–H groups in total. The maximum Gasteiger partial charge on any atom is 0.274 e. The molecular weight excluding hydrogens is 430 g/mol. The highest BCUT2D eigenvalue weighted by molar-refractivity contribution is 6.05. The summed E-state index contributed by atoms with van der Waals surface area (Å²) in [5.74, 6) is -0.0820. The van der Waals surface area contributed by atoms with Gasteiger partial charge >= 0.3 is 0 Å². The first kappa shape index (κ1) is 21.1. The molecule has 170 valence electrons. The van der Waals surface area contributed by atoms with Gasteiger partial charge in [-0.25, -0.2) is 5.01 Å². The monoisotopic (exact) mass is 455 g/mol. The number of rotatable bonds is 5. The number of amides is 1. The average molecular weight is 456 g/mol. The standard InChI is InChI=1S/C31H25N3O/c35-31(25-16-8-3-9-17-25)34-30(20-28(32-34)24-14-6-2-7-15-24)27-22-33(21-23-12-4-1-5-13-23)29-19-11-10-18-26(27)29/h1-19,22,30H,20-21H2/t30-/m1/s1. The normalized spacial score (nSPS) is 15.4. The van der Waals surface area contributed by atoms with E-state index in [4.69, 9.17) is 5.10 Å². The SMILES string of the molecule is O=C(c1ccccc1)N1N=C(c2ccccc2)C[C@@H]1c1cn(Cc2ccccc2)c2ccccc12. The van der Waals surface area contributed by atoms with E-state index in [1.807, 2.05) is 54.6 Å². The Morgan fingerprint density at radius 3 is 2.14 bits per heavy atom. The number of carbonyl (C=O) groups excluding carboxylic acids is 1. The van der Waals surface area contributed by atoms with Crippen molar-refractivity contribution in [1.82, 2.24) is 9.58 Å². The molecule has 1 amide bonds. The Hall–Kier alpha value is -4.44. The number of benzene rings is 4. The fraction of sp³-hybridized carbons (Fsp3) is 0.0968. The van der Waals surface area contributed by atoms with E-state index in [2.05, 4.69) is 71.4 Å². The van der Waals surface area contributed by atoms with Gasteiger partial charge in [0.2, 0.25) is 0 Å². The Balaban J connectivity index is 1.45. The van der Waals surface area contributed by atoms with Gasteiger partial charge in [0.25, 0.3) is 5.91 Å². The summed E-state index contributed by atoms with van der Waals surface area (Å²) in [6.45, 7) is 0.771. The second-order valence-corrected chi connectivity index (χ2v) is 8.86. The minimum atomic E-state index is -0.181. The molecule has 0 unspecified atom stereocenters. The number of hydrazone groups is 1. The molecule has 6 rings (SSSR count). The van der Waals surface area contributed by atoms with Crippen molar-refractivity contribution in [2.24, 2.45) is 5.10 Å². The van der Waals surface area contributed by atoms with Gasteiger partial charge < -0.3 is 4.57 Å². The molecule has 1 atom stereocenters. The van der Waals surface area contributed by atoms with Crippen LogP contribution in [0.2, 0.25) is 0 Å². The number of carbonyl (C=O) groups is 1. The fourth-order valence-corrected chi connectivity index (χ4v) is 4.91. The first-order valence-corrected chi connectivity index (χ1v) is 11.9. The number of hydrogen-bond donors (Lipinski definition) is 0. The number of fused-ring (bicyclic) bond motifs is 1. The molecule has 4 aromatic carbocycles. The zero-order valence-electron chi connectivity index (χ0n) is 19.3. The number of para-hydroxylation sites is 1. The molecule has 0 bridgehead atoms. The summed E-state index contributed by atoms with van der Waals surface area (Å²) < 4.78 is 2.28. The Kier molecular flexibility index (Phi) is 5.47. The predicted octanol–water partition coefficient (Wildman–Crippen LogP) is 6.68. The lowest BCUT2D eigenvalue weighted by molar-refractivity contribution is 0.0712. The van der Waals surface area contributed by atoms with Crippen LogP contribution in [0, 0.1) is 0 Å². The molecule has 35 heavy (non-hydrogen) atoms. The van der Waals surface area contributed by atoms with Crippen molar-refractivity contribution in [1.29, 1.82) is 0 Å². The predicted molar refractivity (Wildman–Crippen MR) is 140 cm³/mol. The fourth-order valence-electron chi connectivity index (χ4n) is 4.91. The van der Waals surface area contributed by atoms with Crippen LogP contribution in [0.4, 0.5) is 0 Å². The Labute approximate surface area is 204 Å². The molecule has 0 saturated heterocycles. The summed E-state index contributed by atoms with van der Waals surface area (Å²) in [6, 6.07) is 38.3. The molecule has 0 spiro atoms. The van der Waals surface area contributed by atoms with E-state index in [-0.39, 0.29) is 11.9 Å². The van der Waals surface area contributed by atoms with E-state index in [0.29, 0.717) is 12.0 Å². The second kappa shape index (κ2) is 9.07. The van der Waals surface area contributed by atoms with Crippen molar-refractivity contribution in [2.45, 2.75) is 19.0 Å². The van der Waals surface area contributed by atoms with Crippen LogP contribution in [0.25, 0.3) is 10.9 Å². The number of hydrogen-bond acceptors (Lipinski definition) is 2. The van der Waals surface area contributed by atoms with Gasteiger partial charge in [-0.2, -0.15) is 5.10 Å². The van der Waals surface area contributed by atoms with Crippen molar-refractivity contribution in [3.63, 3.8) is 0 Å². The van der Waals surface area contributed by atoms with Gasteiger partial charge in [-0.1, -0.05) is 97.1 Å². The third-order valence-corrected chi connectivity index (χ3v) is 6.62. The van der Waals surface area contributed by atoms with Crippen molar-refractivity contribution < 1.29 is 4.79 Å². The minimum Gasteiger partial charge on any atom is -0.343 e. The van der Waals surface area contributed by atoms with E-state index >= 15 is 0 Å². The van der Waals surface area contributed by atoms with Crippen LogP contribution in [0.15, 0.2) is 127 Å². The smallest absolute Gasteiger partial charge is 0.274 e. The van der Waals surface area contributed by atoms with E-state index < -0.39 is 0 Å². The lowest BCUT2D eigenvalue weighted by Crippen LogP contribution is -2.27. The highest BCUT2D eigenvalue weighted by atomic mass is 16.2.